The summed E-state index contributed by atoms with van der Waals surface area (Å²) in [6.07, 6.45) is 5.30. The third-order valence-corrected chi connectivity index (χ3v) is 5.48. The lowest BCUT2D eigenvalue weighted by molar-refractivity contribution is -0.138. The Morgan fingerprint density at radius 2 is 2.00 bits per heavy atom. The van der Waals surface area contributed by atoms with Gasteiger partial charge in [0.25, 0.3) is 0 Å². The van der Waals surface area contributed by atoms with Crippen molar-refractivity contribution in [3.63, 3.8) is 0 Å². The van der Waals surface area contributed by atoms with Gasteiger partial charge in [-0.05, 0) is 72.7 Å². The SMILES string of the molecule is Cc1ccsc1CC(C(=O)O)c1ccc2c(c1)CCCC2. The first-order valence-corrected chi connectivity index (χ1v) is 8.40. The van der Waals surface area contributed by atoms with Gasteiger partial charge in [-0.15, -0.1) is 11.3 Å². The average molecular weight is 300 g/mol. The number of benzene rings is 1. The van der Waals surface area contributed by atoms with Gasteiger partial charge >= 0.3 is 5.97 Å². The van der Waals surface area contributed by atoms with E-state index in [9.17, 15) is 9.90 Å². The lowest BCUT2D eigenvalue weighted by Gasteiger charge is -2.19. The molecule has 0 aliphatic heterocycles. The number of hydrogen-bond donors (Lipinski definition) is 1. The van der Waals surface area contributed by atoms with Gasteiger partial charge in [-0.25, -0.2) is 0 Å². The summed E-state index contributed by atoms with van der Waals surface area (Å²) in [4.78, 5) is 12.9. The van der Waals surface area contributed by atoms with Gasteiger partial charge < -0.3 is 5.11 Å². The van der Waals surface area contributed by atoms with Crippen molar-refractivity contribution in [3.05, 3.63) is 56.8 Å². The molecule has 0 bridgehead atoms. The smallest absolute Gasteiger partial charge is 0.311 e. The molecule has 0 spiro atoms. The van der Waals surface area contributed by atoms with Gasteiger partial charge in [0.05, 0.1) is 5.92 Å². The van der Waals surface area contributed by atoms with E-state index in [4.69, 9.17) is 0 Å². The Morgan fingerprint density at radius 1 is 1.24 bits per heavy atom. The van der Waals surface area contributed by atoms with Crippen LogP contribution in [0.15, 0.2) is 29.6 Å². The van der Waals surface area contributed by atoms with E-state index in [2.05, 4.69) is 25.1 Å². The number of carbonyl (C=O) groups is 1. The minimum absolute atomic E-state index is 0.436. The molecule has 110 valence electrons. The minimum Gasteiger partial charge on any atom is -0.481 e. The molecule has 1 atom stereocenters. The fraction of sp³-hybridized carbons (Fsp3) is 0.389. The van der Waals surface area contributed by atoms with Crippen LogP contribution in [0.3, 0.4) is 0 Å². The third-order valence-electron chi connectivity index (χ3n) is 4.43. The number of hydrogen-bond acceptors (Lipinski definition) is 2. The van der Waals surface area contributed by atoms with Crippen molar-refractivity contribution in [1.82, 2.24) is 0 Å². The van der Waals surface area contributed by atoms with Crippen molar-refractivity contribution in [1.29, 1.82) is 0 Å². The van der Waals surface area contributed by atoms with Gasteiger partial charge in [-0.1, -0.05) is 18.2 Å². The lowest BCUT2D eigenvalue weighted by Crippen LogP contribution is -2.15. The molecule has 2 aromatic rings. The normalized spacial score (nSPS) is 15.5. The van der Waals surface area contributed by atoms with E-state index in [0.29, 0.717) is 6.42 Å². The minimum atomic E-state index is -0.724. The molecule has 1 aliphatic carbocycles. The summed E-state index contributed by atoms with van der Waals surface area (Å²) < 4.78 is 0. The molecule has 0 saturated carbocycles. The molecule has 1 aliphatic rings. The van der Waals surface area contributed by atoms with Gasteiger partial charge in [0.15, 0.2) is 0 Å². The van der Waals surface area contributed by atoms with Crippen LogP contribution in [0.25, 0.3) is 0 Å². The number of aliphatic carboxylic acids is 1. The van der Waals surface area contributed by atoms with Gasteiger partial charge in [-0.3, -0.25) is 4.79 Å². The Morgan fingerprint density at radius 3 is 2.67 bits per heavy atom. The van der Waals surface area contributed by atoms with Crippen molar-refractivity contribution in [3.8, 4) is 0 Å². The first-order valence-electron chi connectivity index (χ1n) is 7.52. The standard InChI is InChI=1S/C18H20O2S/c1-12-8-9-21-17(12)11-16(18(19)20)15-7-6-13-4-2-3-5-14(13)10-15/h6-10,16H,2-5,11H2,1H3,(H,19,20). The third kappa shape index (κ3) is 3.03. The van der Waals surface area contributed by atoms with E-state index in [1.807, 2.05) is 11.4 Å². The Kier molecular flexibility index (Phi) is 4.11. The first-order chi connectivity index (χ1) is 10.1. The van der Waals surface area contributed by atoms with Crippen LogP contribution in [-0.4, -0.2) is 11.1 Å². The van der Waals surface area contributed by atoms with Crippen molar-refractivity contribution in [2.24, 2.45) is 0 Å². The van der Waals surface area contributed by atoms with Crippen LogP contribution < -0.4 is 0 Å². The van der Waals surface area contributed by atoms with Crippen molar-refractivity contribution >= 4 is 17.3 Å². The molecule has 3 rings (SSSR count). The number of rotatable bonds is 4. The topological polar surface area (TPSA) is 37.3 Å². The van der Waals surface area contributed by atoms with E-state index >= 15 is 0 Å². The molecular formula is C18H20O2S. The van der Waals surface area contributed by atoms with Crippen LogP contribution in [0.5, 0.6) is 0 Å². The lowest BCUT2D eigenvalue weighted by atomic mass is 9.86. The highest BCUT2D eigenvalue weighted by Crippen LogP contribution is 2.30. The second-order valence-corrected chi connectivity index (χ2v) is 6.86. The second kappa shape index (κ2) is 6.02. The summed E-state index contributed by atoms with van der Waals surface area (Å²) in [5.41, 5.74) is 4.91. The zero-order valence-electron chi connectivity index (χ0n) is 12.3. The largest absolute Gasteiger partial charge is 0.481 e. The van der Waals surface area contributed by atoms with Gasteiger partial charge in [0, 0.05) is 4.88 Å². The zero-order chi connectivity index (χ0) is 14.8. The molecule has 0 radical (unpaired) electrons. The molecule has 3 heteroatoms. The summed E-state index contributed by atoms with van der Waals surface area (Å²) >= 11 is 1.66. The first kappa shape index (κ1) is 14.3. The van der Waals surface area contributed by atoms with Crippen LogP contribution >= 0.6 is 11.3 Å². The number of carboxylic acids is 1. The van der Waals surface area contributed by atoms with E-state index in [1.165, 1.54) is 34.4 Å². The Labute approximate surface area is 129 Å². The molecule has 0 saturated heterocycles. The zero-order valence-corrected chi connectivity index (χ0v) is 13.1. The van der Waals surface area contributed by atoms with Crippen LogP contribution in [0, 0.1) is 6.92 Å². The molecule has 1 N–H and O–H groups in total. The Hall–Kier alpha value is -1.61. The summed E-state index contributed by atoms with van der Waals surface area (Å²) in [5, 5.41) is 11.7. The molecular weight excluding hydrogens is 280 g/mol. The summed E-state index contributed by atoms with van der Waals surface area (Å²) in [7, 11) is 0. The van der Waals surface area contributed by atoms with Crippen LogP contribution in [-0.2, 0) is 24.1 Å². The molecule has 1 aromatic heterocycles. The van der Waals surface area contributed by atoms with E-state index in [-0.39, 0.29) is 0 Å². The van der Waals surface area contributed by atoms with E-state index in [0.717, 1.165) is 18.4 Å². The van der Waals surface area contributed by atoms with E-state index in [1.54, 1.807) is 11.3 Å². The average Bonchev–Trinajstić information content (AvgIpc) is 2.89. The maximum absolute atomic E-state index is 11.7. The summed E-state index contributed by atoms with van der Waals surface area (Å²) in [6, 6.07) is 8.36. The number of carboxylic acid groups (broad SMARTS) is 1. The Balaban J connectivity index is 1.90. The van der Waals surface area contributed by atoms with Crippen LogP contribution in [0.1, 0.15) is 45.9 Å². The highest BCUT2D eigenvalue weighted by molar-refractivity contribution is 7.10. The molecule has 0 amide bonds. The molecule has 0 fully saturated rings. The fourth-order valence-corrected chi connectivity index (χ4v) is 4.07. The van der Waals surface area contributed by atoms with Crippen LogP contribution in [0.2, 0.25) is 0 Å². The van der Waals surface area contributed by atoms with Gasteiger partial charge in [-0.2, -0.15) is 0 Å². The second-order valence-electron chi connectivity index (χ2n) is 5.86. The Bertz CT molecular complexity index is 657. The molecule has 2 nitrogen and oxygen atoms in total. The monoisotopic (exact) mass is 300 g/mol. The number of fused-ring (bicyclic) bond motifs is 1. The highest BCUT2D eigenvalue weighted by atomic mass is 32.1. The van der Waals surface area contributed by atoms with E-state index < -0.39 is 11.9 Å². The molecule has 1 aromatic carbocycles. The van der Waals surface area contributed by atoms with Crippen molar-refractivity contribution in [2.75, 3.05) is 0 Å². The maximum Gasteiger partial charge on any atom is 0.311 e. The summed E-state index contributed by atoms with van der Waals surface area (Å²) in [6.45, 7) is 2.05. The number of aryl methyl sites for hydroxylation is 3. The van der Waals surface area contributed by atoms with Gasteiger partial charge in [0.2, 0.25) is 0 Å². The predicted octanol–water partition coefficient (Wildman–Crippen LogP) is 4.35. The number of thiophene rings is 1. The van der Waals surface area contributed by atoms with Crippen molar-refractivity contribution in [2.45, 2.75) is 44.9 Å². The van der Waals surface area contributed by atoms with Gasteiger partial charge in [0.1, 0.15) is 0 Å². The van der Waals surface area contributed by atoms with Crippen LogP contribution in [0.4, 0.5) is 0 Å². The fourth-order valence-electron chi connectivity index (χ4n) is 3.12. The van der Waals surface area contributed by atoms with Crippen molar-refractivity contribution < 1.29 is 9.90 Å². The molecule has 1 unspecified atom stereocenters. The quantitative estimate of drug-likeness (QED) is 0.911. The summed E-state index contributed by atoms with van der Waals surface area (Å²) in [5.74, 6) is -1.16. The predicted molar refractivity (Wildman–Crippen MR) is 86.2 cm³/mol. The molecule has 1 heterocycles. The highest BCUT2D eigenvalue weighted by Gasteiger charge is 2.23. The maximum atomic E-state index is 11.7. The molecule has 21 heavy (non-hydrogen) atoms.